The van der Waals surface area contributed by atoms with Gasteiger partial charge < -0.3 is 15.4 Å². The number of hydrogen-bond acceptors (Lipinski definition) is 4. The monoisotopic (exact) mass is 287 g/mol. The molecule has 2 amide bonds. The Bertz CT molecular complexity index is 638. The highest BCUT2D eigenvalue weighted by atomic mass is 16.5. The number of pyridine rings is 1. The van der Waals surface area contributed by atoms with Gasteiger partial charge in [-0.25, -0.2) is 0 Å². The van der Waals surface area contributed by atoms with Crippen LogP contribution < -0.4 is 10.6 Å². The molecule has 0 aliphatic carbocycles. The fourth-order valence-electron chi connectivity index (χ4n) is 1.88. The van der Waals surface area contributed by atoms with E-state index in [1.165, 1.54) is 0 Å². The number of benzene rings is 1. The standard InChI is InChI=1S/C15H17N3O3/c1-21-10-4-9-17-14(19)15(20)18-12-7-2-5-11-6-3-8-16-13(11)12/h2-3,5-8H,4,9-10H2,1H3,(H,17,19)(H,18,20). The first-order valence-corrected chi connectivity index (χ1v) is 6.64. The van der Waals surface area contributed by atoms with Gasteiger partial charge in [-0.3, -0.25) is 14.6 Å². The Balaban J connectivity index is 1.99. The van der Waals surface area contributed by atoms with E-state index in [0.717, 1.165) is 5.39 Å². The average molecular weight is 287 g/mol. The summed E-state index contributed by atoms with van der Waals surface area (Å²) in [5.74, 6) is -1.37. The van der Waals surface area contributed by atoms with Crippen molar-refractivity contribution in [1.82, 2.24) is 10.3 Å². The van der Waals surface area contributed by atoms with Gasteiger partial charge in [-0.05, 0) is 18.6 Å². The number of carbonyl (C=O) groups is 2. The van der Waals surface area contributed by atoms with Gasteiger partial charge in [0.2, 0.25) is 0 Å². The van der Waals surface area contributed by atoms with Crippen molar-refractivity contribution in [3.63, 3.8) is 0 Å². The van der Waals surface area contributed by atoms with Crippen LogP contribution >= 0.6 is 0 Å². The summed E-state index contributed by atoms with van der Waals surface area (Å²) in [7, 11) is 1.59. The van der Waals surface area contributed by atoms with Gasteiger partial charge in [0.1, 0.15) is 0 Å². The minimum absolute atomic E-state index is 0.397. The zero-order valence-electron chi connectivity index (χ0n) is 11.8. The van der Waals surface area contributed by atoms with Crippen molar-refractivity contribution in [3.05, 3.63) is 36.5 Å². The first-order valence-electron chi connectivity index (χ1n) is 6.64. The molecule has 6 heteroatoms. The first kappa shape index (κ1) is 14.9. The van der Waals surface area contributed by atoms with E-state index in [-0.39, 0.29) is 0 Å². The maximum atomic E-state index is 11.8. The van der Waals surface area contributed by atoms with Crippen LogP contribution in [0.25, 0.3) is 10.9 Å². The Labute approximate surface area is 122 Å². The number of hydrogen-bond donors (Lipinski definition) is 2. The number of ether oxygens (including phenoxy) is 1. The number of amides is 2. The number of carbonyl (C=O) groups excluding carboxylic acids is 2. The van der Waals surface area contributed by atoms with E-state index in [4.69, 9.17) is 4.74 Å². The van der Waals surface area contributed by atoms with Crippen molar-refractivity contribution in [3.8, 4) is 0 Å². The number of aromatic nitrogens is 1. The molecule has 0 atom stereocenters. The van der Waals surface area contributed by atoms with Crippen molar-refractivity contribution in [2.45, 2.75) is 6.42 Å². The minimum Gasteiger partial charge on any atom is -0.385 e. The molecule has 0 bridgehead atoms. The third kappa shape index (κ3) is 4.00. The largest absolute Gasteiger partial charge is 0.385 e. The van der Waals surface area contributed by atoms with Crippen molar-refractivity contribution in [2.75, 3.05) is 25.6 Å². The lowest BCUT2D eigenvalue weighted by molar-refractivity contribution is -0.136. The quantitative estimate of drug-likeness (QED) is 0.642. The van der Waals surface area contributed by atoms with Gasteiger partial charge in [0.05, 0.1) is 11.2 Å². The van der Waals surface area contributed by atoms with Gasteiger partial charge >= 0.3 is 11.8 Å². The van der Waals surface area contributed by atoms with Gasteiger partial charge in [0.25, 0.3) is 0 Å². The number of nitrogens with one attached hydrogen (secondary N) is 2. The van der Waals surface area contributed by atoms with Crippen LogP contribution in [0.15, 0.2) is 36.5 Å². The molecule has 2 aromatic rings. The SMILES string of the molecule is COCCCNC(=O)C(=O)Nc1cccc2cccnc12. The molecular weight excluding hydrogens is 270 g/mol. The van der Waals surface area contributed by atoms with Gasteiger partial charge in [-0.15, -0.1) is 0 Å². The zero-order chi connectivity index (χ0) is 15.1. The molecule has 0 aliphatic rings. The smallest absolute Gasteiger partial charge is 0.313 e. The van der Waals surface area contributed by atoms with Gasteiger partial charge in [-0.2, -0.15) is 0 Å². The number of methoxy groups -OCH3 is 1. The van der Waals surface area contributed by atoms with E-state index in [1.54, 1.807) is 25.4 Å². The second kappa shape index (κ2) is 7.35. The summed E-state index contributed by atoms with van der Waals surface area (Å²) in [4.78, 5) is 27.7. The highest BCUT2D eigenvalue weighted by molar-refractivity contribution is 6.40. The topological polar surface area (TPSA) is 80.3 Å². The van der Waals surface area contributed by atoms with Crippen LogP contribution in [0.4, 0.5) is 5.69 Å². The summed E-state index contributed by atoms with van der Waals surface area (Å²) in [5, 5.41) is 6.01. The predicted molar refractivity (Wildman–Crippen MR) is 79.9 cm³/mol. The molecule has 0 radical (unpaired) electrons. The Kier molecular flexibility index (Phi) is 5.22. The molecule has 0 fully saturated rings. The fourth-order valence-corrected chi connectivity index (χ4v) is 1.88. The second-order valence-electron chi connectivity index (χ2n) is 4.44. The van der Waals surface area contributed by atoms with Crippen LogP contribution in [-0.2, 0) is 14.3 Å². The molecule has 0 unspecified atom stereocenters. The second-order valence-corrected chi connectivity index (χ2v) is 4.44. The maximum absolute atomic E-state index is 11.8. The van der Waals surface area contributed by atoms with Gasteiger partial charge in [-0.1, -0.05) is 18.2 Å². The van der Waals surface area contributed by atoms with Crippen LogP contribution in [0.2, 0.25) is 0 Å². The van der Waals surface area contributed by atoms with Crippen LogP contribution in [0, 0.1) is 0 Å². The van der Waals surface area contributed by atoms with E-state index in [1.807, 2.05) is 18.2 Å². The predicted octanol–water partition coefficient (Wildman–Crippen LogP) is 1.33. The summed E-state index contributed by atoms with van der Waals surface area (Å²) in [6, 6.07) is 9.11. The van der Waals surface area contributed by atoms with E-state index in [9.17, 15) is 9.59 Å². The van der Waals surface area contributed by atoms with E-state index < -0.39 is 11.8 Å². The summed E-state index contributed by atoms with van der Waals surface area (Å²) >= 11 is 0. The number of rotatable bonds is 5. The Morgan fingerprint density at radius 1 is 1.19 bits per heavy atom. The molecule has 110 valence electrons. The molecule has 6 nitrogen and oxygen atoms in total. The zero-order valence-corrected chi connectivity index (χ0v) is 11.8. The summed E-state index contributed by atoms with van der Waals surface area (Å²) in [6.45, 7) is 0.934. The third-order valence-electron chi connectivity index (χ3n) is 2.90. The van der Waals surface area contributed by atoms with Crippen molar-refractivity contribution >= 4 is 28.4 Å². The lowest BCUT2D eigenvalue weighted by Gasteiger charge is -2.08. The molecule has 1 heterocycles. The third-order valence-corrected chi connectivity index (χ3v) is 2.90. The Hall–Kier alpha value is -2.47. The molecule has 21 heavy (non-hydrogen) atoms. The normalized spacial score (nSPS) is 10.3. The summed E-state index contributed by atoms with van der Waals surface area (Å²) in [6.07, 6.45) is 2.30. The Morgan fingerprint density at radius 3 is 2.81 bits per heavy atom. The average Bonchev–Trinajstić information content (AvgIpc) is 2.51. The summed E-state index contributed by atoms with van der Waals surface area (Å²) < 4.78 is 4.87. The van der Waals surface area contributed by atoms with Crippen LogP contribution in [-0.4, -0.2) is 37.1 Å². The molecule has 1 aromatic carbocycles. The lowest BCUT2D eigenvalue weighted by atomic mass is 10.2. The first-order chi connectivity index (χ1) is 10.2. The number of anilines is 1. The Morgan fingerprint density at radius 2 is 2.00 bits per heavy atom. The van der Waals surface area contributed by atoms with Crippen molar-refractivity contribution < 1.29 is 14.3 Å². The van der Waals surface area contributed by atoms with Crippen LogP contribution in [0.3, 0.4) is 0 Å². The molecular formula is C15H17N3O3. The summed E-state index contributed by atoms with van der Waals surface area (Å²) in [5.41, 5.74) is 1.17. The molecule has 1 aromatic heterocycles. The highest BCUT2D eigenvalue weighted by Crippen LogP contribution is 2.20. The molecule has 2 N–H and O–H groups in total. The molecule has 0 saturated carbocycles. The van der Waals surface area contributed by atoms with E-state index in [2.05, 4.69) is 15.6 Å². The van der Waals surface area contributed by atoms with Crippen molar-refractivity contribution in [1.29, 1.82) is 0 Å². The number of nitrogens with zero attached hydrogens (tertiary/aromatic N) is 1. The molecule has 0 spiro atoms. The van der Waals surface area contributed by atoms with Crippen LogP contribution in [0.5, 0.6) is 0 Å². The molecule has 0 saturated heterocycles. The molecule has 2 rings (SSSR count). The number of para-hydroxylation sites is 1. The van der Waals surface area contributed by atoms with Crippen molar-refractivity contribution in [2.24, 2.45) is 0 Å². The lowest BCUT2D eigenvalue weighted by Crippen LogP contribution is -2.36. The van der Waals surface area contributed by atoms with Crippen LogP contribution in [0.1, 0.15) is 6.42 Å². The maximum Gasteiger partial charge on any atom is 0.313 e. The molecule has 0 aliphatic heterocycles. The van der Waals surface area contributed by atoms with E-state index >= 15 is 0 Å². The number of fused-ring (bicyclic) bond motifs is 1. The van der Waals surface area contributed by atoms with Gasteiger partial charge in [0.15, 0.2) is 0 Å². The van der Waals surface area contributed by atoms with E-state index in [0.29, 0.717) is 30.8 Å². The highest BCUT2D eigenvalue weighted by Gasteiger charge is 2.14. The van der Waals surface area contributed by atoms with Gasteiger partial charge in [0, 0.05) is 31.8 Å². The fraction of sp³-hybridized carbons (Fsp3) is 0.267. The minimum atomic E-state index is -0.703.